The van der Waals surface area contributed by atoms with Crippen LogP contribution in [0.2, 0.25) is 0 Å². The van der Waals surface area contributed by atoms with Crippen molar-refractivity contribution in [2.75, 3.05) is 11.1 Å². The van der Waals surface area contributed by atoms with Crippen LogP contribution in [0.1, 0.15) is 22.8 Å². The molecule has 0 unspecified atom stereocenters. The van der Waals surface area contributed by atoms with Crippen molar-refractivity contribution >= 4 is 34.8 Å². The molecule has 4 rings (SSSR count). The first-order valence-corrected chi connectivity index (χ1v) is 10.3. The highest BCUT2D eigenvalue weighted by molar-refractivity contribution is 7.99. The van der Waals surface area contributed by atoms with Gasteiger partial charge in [0, 0.05) is 16.8 Å². The molecule has 1 N–H and O–H groups in total. The highest BCUT2D eigenvalue weighted by Gasteiger charge is 2.11. The van der Waals surface area contributed by atoms with Gasteiger partial charge in [0.15, 0.2) is 17.3 Å². The van der Waals surface area contributed by atoms with Gasteiger partial charge in [0.25, 0.3) is 0 Å². The Bertz CT molecular complexity index is 1220. The first kappa shape index (κ1) is 19.8. The van der Waals surface area contributed by atoms with E-state index in [0.717, 1.165) is 5.56 Å². The van der Waals surface area contributed by atoms with Crippen LogP contribution in [0.15, 0.2) is 65.7 Å². The first-order chi connectivity index (χ1) is 14.5. The molecule has 2 aromatic heterocycles. The van der Waals surface area contributed by atoms with Gasteiger partial charge in [-0.05, 0) is 50.2 Å². The van der Waals surface area contributed by atoms with Gasteiger partial charge in [-0.2, -0.15) is 9.61 Å². The average Bonchev–Trinajstić information content (AvgIpc) is 3.16. The molecule has 2 aromatic carbocycles. The summed E-state index contributed by atoms with van der Waals surface area (Å²) in [4.78, 5) is 23.6. The lowest BCUT2D eigenvalue weighted by atomic mass is 10.1. The molecular formula is C22H19N5O2S. The number of anilines is 1. The molecule has 30 heavy (non-hydrogen) atoms. The number of thioether (sulfide) groups is 1. The minimum Gasteiger partial charge on any atom is -0.325 e. The molecule has 0 bridgehead atoms. The van der Waals surface area contributed by atoms with Crippen LogP contribution in [0.5, 0.6) is 0 Å². The van der Waals surface area contributed by atoms with Crippen molar-refractivity contribution in [3.8, 4) is 11.4 Å². The van der Waals surface area contributed by atoms with Crippen molar-refractivity contribution in [2.24, 2.45) is 0 Å². The van der Waals surface area contributed by atoms with E-state index in [4.69, 9.17) is 0 Å². The number of carbonyl (C=O) groups excluding carboxylic acids is 2. The third kappa shape index (κ3) is 4.38. The number of Topliss-reactive ketones (excluding diaryl/α,β-unsaturated/α-hetero) is 1. The quantitative estimate of drug-likeness (QED) is 0.376. The summed E-state index contributed by atoms with van der Waals surface area (Å²) in [7, 11) is 0. The molecule has 150 valence electrons. The summed E-state index contributed by atoms with van der Waals surface area (Å²) in [5.41, 5.74) is 3.99. The number of nitrogens with zero attached hydrogens (tertiary/aromatic N) is 4. The van der Waals surface area contributed by atoms with Crippen molar-refractivity contribution in [1.82, 2.24) is 19.8 Å². The minimum atomic E-state index is -0.153. The second-order valence-electron chi connectivity index (χ2n) is 6.80. The number of aromatic nitrogens is 4. The highest BCUT2D eigenvalue weighted by Crippen LogP contribution is 2.21. The summed E-state index contributed by atoms with van der Waals surface area (Å²) in [6, 6.07) is 18.5. The van der Waals surface area contributed by atoms with Crippen molar-refractivity contribution in [3.05, 3.63) is 71.8 Å². The van der Waals surface area contributed by atoms with Gasteiger partial charge in [-0.15, -0.1) is 10.2 Å². The number of hydrogen-bond acceptors (Lipinski definition) is 6. The Morgan fingerprint density at radius 3 is 2.40 bits per heavy atom. The van der Waals surface area contributed by atoms with E-state index in [1.807, 2.05) is 43.3 Å². The maximum Gasteiger partial charge on any atom is 0.234 e. The fourth-order valence-electron chi connectivity index (χ4n) is 2.86. The Kier molecular flexibility index (Phi) is 5.58. The number of amides is 1. The van der Waals surface area contributed by atoms with Gasteiger partial charge in [-0.3, -0.25) is 9.59 Å². The van der Waals surface area contributed by atoms with Crippen LogP contribution in [-0.4, -0.2) is 37.3 Å². The number of fused-ring (bicyclic) bond motifs is 1. The van der Waals surface area contributed by atoms with E-state index >= 15 is 0 Å². The summed E-state index contributed by atoms with van der Waals surface area (Å²) in [5.74, 6) is 0.695. The summed E-state index contributed by atoms with van der Waals surface area (Å²) >= 11 is 1.33. The number of carbonyl (C=O) groups is 2. The zero-order chi connectivity index (χ0) is 21.1. The van der Waals surface area contributed by atoms with Crippen LogP contribution in [0.4, 0.5) is 5.69 Å². The third-order valence-corrected chi connectivity index (χ3v) is 5.39. The predicted octanol–water partition coefficient (Wildman–Crippen LogP) is 4.03. The molecule has 0 atom stereocenters. The van der Waals surface area contributed by atoms with Gasteiger partial charge >= 0.3 is 0 Å². The van der Waals surface area contributed by atoms with Gasteiger partial charge in [0.1, 0.15) is 5.03 Å². The van der Waals surface area contributed by atoms with Crippen LogP contribution in [-0.2, 0) is 4.79 Å². The number of aryl methyl sites for hydroxylation is 1. The van der Waals surface area contributed by atoms with Gasteiger partial charge in [0.05, 0.1) is 5.75 Å². The molecule has 7 nitrogen and oxygen atoms in total. The van der Waals surface area contributed by atoms with Crippen LogP contribution < -0.4 is 5.32 Å². The standard InChI is InChI=1S/C22H19N5O2S/c1-14-3-5-17(6-4-14)22-25-24-19-11-12-21(26-27(19)22)30-13-20(29)23-18-9-7-16(8-10-18)15(2)28/h3-12H,13H2,1-2H3,(H,23,29). The van der Waals surface area contributed by atoms with Gasteiger partial charge in [-0.25, -0.2) is 0 Å². The predicted molar refractivity (Wildman–Crippen MR) is 117 cm³/mol. The molecule has 0 aliphatic rings. The number of rotatable bonds is 6. The molecule has 0 spiro atoms. The molecule has 0 fully saturated rings. The summed E-state index contributed by atoms with van der Waals surface area (Å²) < 4.78 is 1.69. The molecular weight excluding hydrogens is 398 g/mol. The Balaban J connectivity index is 1.44. The monoisotopic (exact) mass is 417 g/mol. The fraction of sp³-hybridized carbons (Fsp3) is 0.136. The topological polar surface area (TPSA) is 89.2 Å². The van der Waals surface area contributed by atoms with E-state index in [-0.39, 0.29) is 17.4 Å². The number of hydrogen-bond donors (Lipinski definition) is 1. The van der Waals surface area contributed by atoms with E-state index in [2.05, 4.69) is 20.6 Å². The van der Waals surface area contributed by atoms with Crippen LogP contribution in [0, 0.1) is 6.92 Å². The molecule has 8 heteroatoms. The summed E-state index contributed by atoms with van der Waals surface area (Å²) in [6.07, 6.45) is 0. The van der Waals surface area contributed by atoms with E-state index in [0.29, 0.717) is 27.7 Å². The molecule has 2 heterocycles. The second kappa shape index (κ2) is 8.46. The SMILES string of the molecule is CC(=O)c1ccc(NC(=O)CSc2ccc3nnc(-c4ccc(C)cc4)n3n2)cc1. The molecule has 1 amide bonds. The van der Waals surface area contributed by atoms with Gasteiger partial charge < -0.3 is 5.32 Å². The van der Waals surface area contributed by atoms with E-state index in [1.54, 1.807) is 28.8 Å². The van der Waals surface area contributed by atoms with Crippen LogP contribution >= 0.6 is 11.8 Å². The van der Waals surface area contributed by atoms with Crippen LogP contribution in [0.25, 0.3) is 17.0 Å². The van der Waals surface area contributed by atoms with E-state index < -0.39 is 0 Å². The normalized spacial score (nSPS) is 10.9. The van der Waals surface area contributed by atoms with E-state index in [1.165, 1.54) is 24.2 Å². The third-order valence-electron chi connectivity index (χ3n) is 4.47. The van der Waals surface area contributed by atoms with Crippen molar-refractivity contribution < 1.29 is 9.59 Å². The fourth-order valence-corrected chi connectivity index (χ4v) is 3.51. The zero-order valence-corrected chi connectivity index (χ0v) is 17.3. The van der Waals surface area contributed by atoms with Gasteiger partial charge in [-0.1, -0.05) is 41.6 Å². The van der Waals surface area contributed by atoms with E-state index in [9.17, 15) is 9.59 Å². The highest BCUT2D eigenvalue weighted by atomic mass is 32.2. The maximum absolute atomic E-state index is 12.3. The molecule has 0 saturated heterocycles. The van der Waals surface area contributed by atoms with Gasteiger partial charge in [0.2, 0.25) is 5.91 Å². The minimum absolute atomic E-state index is 0.0103. The van der Waals surface area contributed by atoms with Crippen LogP contribution in [0.3, 0.4) is 0 Å². The zero-order valence-electron chi connectivity index (χ0n) is 16.5. The van der Waals surface area contributed by atoms with Crippen molar-refractivity contribution in [2.45, 2.75) is 18.9 Å². The maximum atomic E-state index is 12.3. The average molecular weight is 417 g/mol. The summed E-state index contributed by atoms with van der Waals surface area (Å²) in [5, 5.41) is 16.5. The number of ketones is 1. The Hall–Kier alpha value is -3.52. The Morgan fingerprint density at radius 2 is 1.70 bits per heavy atom. The molecule has 0 saturated carbocycles. The number of benzene rings is 2. The lowest BCUT2D eigenvalue weighted by molar-refractivity contribution is -0.113. The lowest BCUT2D eigenvalue weighted by Gasteiger charge is -2.06. The largest absolute Gasteiger partial charge is 0.325 e. The van der Waals surface area contributed by atoms with Crippen molar-refractivity contribution in [3.63, 3.8) is 0 Å². The lowest BCUT2D eigenvalue weighted by Crippen LogP contribution is -2.14. The molecule has 0 radical (unpaired) electrons. The first-order valence-electron chi connectivity index (χ1n) is 9.33. The number of nitrogens with one attached hydrogen (secondary N) is 1. The molecule has 4 aromatic rings. The molecule has 0 aliphatic heterocycles. The Labute approximate surface area is 177 Å². The smallest absolute Gasteiger partial charge is 0.234 e. The Morgan fingerprint density at radius 1 is 0.967 bits per heavy atom. The summed E-state index contributed by atoms with van der Waals surface area (Å²) in [6.45, 7) is 3.54. The molecule has 0 aliphatic carbocycles. The van der Waals surface area contributed by atoms with Crippen molar-refractivity contribution in [1.29, 1.82) is 0 Å². The second-order valence-corrected chi connectivity index (χ2v) is 7.80.